The van der Waals surface area contributed by atoms with Crippen LogP contribution in [0.3, 0.4) is 0 Å². The van der Waals surface area contributed by atoms with Gasteiger partial charge in [0, 0.05) is 33.1 Å². The van der Waals surface area contributed by atoms with Gasteiger partial charge in [-0.25, -0.2) is 0 Å². The summed E-state index contributed by atoms with van der Waals surface area (Å²) < 4.78 is 0. The molecule has 4 aromatic carbocycles. The number of rotatable bonds is 6. The highest BCUT2D eigenvalue weighted by Crippen LogP contribution is 2.59. The number of phenols is 4. The molecule has 43 heavy (non-hydrogen) atoms. The van der Waals surface area contributed by atoms with E-state index in [0.29, 0.717) is 34.8 Å². The molecule has 0 heterocycles. The Morgan fingerprint density at radius 3 is 0.907 bits per heavy atom. The molecule has 2 fully saturated rings. The Kier molecular flexibility index (Phi) is 7.66. The van der Waals surface area contributed by atoms with Gasteiger partial charge in [0.05, 0.1) is 0 Å². The summed E-state index contributed by atoms with van der Waals surface area (Å²) in [5.74, 6) is 2.18. The number of para-hydroxylation sites is 4. The Morgan fingerprint density at radius 1 is 0.442 bits per heavy atom. The van der Waals surface area contributed by atoms with E-state index in [1.165, 1.54) is 0 Å². The monoisotopic (exact) mass is 576 g/mol. The Balaban J connectivity index is 1.26. The Labute approximate surface area is 255 Å². The Hall–Kier alpha value is -3.92. The van der Waals surface area contributed by atoms with Crippen molar-refractivity contribution in [3.8, 4) is 23.0 Å². The van der Waals surface area contributed by atoms with Crippen LogP contribution >= 0.6 is 0 Å². The zero-order valence-electron chi connectivity index (χ0n) is 25.3. The molecule has 0 aliphatic heterocycles. The zero-order valence-corrected chi connectivity index (χ0v) is 25.3. The fraction of sp³-hybridized carbons (Fsp3) is 0.385. The van der Waals surface area contributed by atoms with Gasteiger partial charge in [-0.2, -0.15) is 0 Å². The van der Waals surface area contributed by atoms with Crippen molar-refractivity contribution < 1.29 is 20.4 Å². The summed E-state index contributed by atoms with van der Waals surface area (Å²) in [7, 11) is 0. The van der Waals surface area contributed by atoms with Crippen molar-refractivity contribution in [2.24, 2.45) is 17.3 Å². The summed E-state index contributed by atoms with van der Waals surface area (Å²) in [4.78, 5) is 0. The second-order valence-corrected chi connectivity index (χ2v) is 13.6. The van der Waals surface area contributed by atoms with Crippen LogP contribution in [0, 0.1) is 17.3 Å². The predicted molar refractivity (Wildman–Crippen MR) is 172 cm³/mol. The molecule has 0 atom stereocenters. The van der Waals surface area contributed by atoms with Crippen molar-refractivity contribution in [3.05, 3.63) is 119 Å². The smallest absolute Gasteiger partial charge is 0.119 e. The van der Waals surface area contributed by atoms with Gasteiger partial charge in [-0.3, -0.25) is 0 Å². The molecule has 0 spiro atoms. The van der Waals surface area contributed by atoms with Gasteiger partial charge in [0.2, 0.25) is 0 Å². The molecule has 4 nitrogen and oxygen atoms in total. The second-order valence-electron chi connectivity index (χ2n) is 13.6. The molecule has 4 aromatic rings. The lowest BCUT2D eigenvalue weighted by molar-refractivity contribution is 0.0356. The van der Waals surface area contributed by atoms with Gasteiger partial charge in [-0.1, -0.05) is 86.6 Å². The van der Waals surface area contributed by atoms with Gasteiger partial charge in [0.15, 0.2) is 0 Å². The largest absolute Gasteiger partial charge is 0.508 e. The van der Waals surface area contributed by atoms with E-state index in [1.54, 1.807) is 24.3 Å². The SMILES string of the molecule is CC(C)(C1CCC(c2ccccc2O)(c2ccccc2O)CC1)C1CCC(c2ccccc2O)(c2ccccc2O)CC1. The zero-order chi connectivity index (χ0) is 30.2. The minimum atomic E-state index is -0.430. The highest BCUT2D eigenvalue weighted by atomic mass is 16.3. The van der Waals surface area contributed by atoms with Crippen LogP contribution in [0.5, 0.6) is 23.0 Å². The molecule has 2 saturated carbocycles. The average Bonchev–Trinajstić information content (AvgIpc) is 3.02. The number of hydrogen-bond acceptors (Lipinski definition) is 4. The van der Waals surface area contributed by atoms with E-state index in [2.05, 4.69) is 13.8 Å². The summed E-state index contributed by atoms with van der Waals surface area (Å²) in [5.41, 5.74) is 2.84. The van der Waals surface area contributed by atoms with E-state index >= 15 is 0 Å². The lowest BCUT2D eigenvalue weighted by Gasteiger charge is -2.51. The molecule has 4 heteroatoms. The molecular formula is C39H44O4. The molecule has 0 aromatic heterocycles. The maximum atomic E-state index is 11.0. The molecule has 224 valence electrons. The highest BCUT2D eigenvalue weighted by molar-refractivity contribution is 5.53. The van der Waals surface area contributed by atoms with Crippen molar-refractivity contribution in [3.63, 3.8) is 0 Å². The molecular weight excluding hydrogens is 532 g/mol. The third-order valence-electron chi connectivity index (χ3n) is 11.5. The van der Waals surface area contributed by atoms with Crippen molar-refractivity contribution in [1.82, 2.24) is 0 Å². The number of aromatic hydroxyl groups is 4. The topological polar surface area (TPSA) is 80.9 Å². The first-order valence-electron chi connectivity index (χ1n) is 15.8. The van der Waals surface area contributed by atoms with Crippen molar-refractivity contribution in [2.45, 2.75) is 76.0 Å². The maximum Gasteiger partial charge on any atom is 0.119 e. The normalized spacial score (nSPS) is 19.2. The van der Waals surface area contributed by atoms with E-state index in [1.807, 2.05) is 72.8 Å². The van der Waals surface area contributed by atoms with Gasteiger partial charge in [0.25, 0.3) is 0 Å². The van der Waals surface area contributed by atoms with Crippen LogP contribution in [-0.4, -0.2) is 20.4 Å². The van der Waals surface area contributed by atoms with Crippen LogP contribution in [-0.2, 0) is 10.8 Å². The molecule has 0 radical (unpaired) electrons. The second kappa shape index (κ2) is 11.3. The molecule has 2 aliphatic rings. The van der Waals surface area contributed by atoms with E-state index < -0.39 is 10.8 Å². The first-order chi connectivity index (χ1) is 20.7. The lowest BCUT2D eigenvalue weighted by Crippen LogP contribution is -2.43. The molecule has 0 bridgehead atoms. The van der Waals surface area contributed by atoms with Gasteiger partial charge in [0.1, 0.15) is 23.0 Å². The third kappa shape index (κ3) is 4.95. The minimum absolute atomic E-state index is 0.0905. The van der Waals surface area contributed by atoms with Gasteiger partial charge in [-0.15, -0.1) is 0 Å². The van der Waals surface area contributed by atoms with Crippen LogP contribution < -0.4 is 0 Å². The van der Waals surface area contributed by atoms with E-state index in [9.17, 15) is 20.4 Å². The van der Waals surface area contributed by atoms with Crippen molar-refractivity contribution >= 4 is 0 Å². The summed E-state index contributed by atoms with van der Waals surface area (Å²) in [5, 5.41) is 43.9. The van der Waals surface area contributed by atoms with Crippen LogP contribution in [0.2, 0.25) is 0 Å². The maximum absolute atomic E-state index is 11.0. The predicted octanol–water partition coefficient (Wildman–Crippen LogP) is 9.19. The van der Waals surface area contributed by atoms with Crippen molar-refractivity contribution in [2.75, 3.05) is 0 Å². The first-order valence-corrected chi connectivity index (χ1v) is 15.8. The summed E-state index contributed by atoms with van der Waals surface area (Å²) >= 11 is 0. The first kappa shape index (κ1) is 29.2. The molecule has 6 rings (SSSR count). The van der Waals surface area contributed by atoms with Gasteiger partial charge < -0.3 is 20.4 Å². The quantitative estimate of drug-likeness (QED) is 0.184. The molecule has 0 saturated heterocycles. The third-order valence-corrected chi connectivity index (χ3v) is 11.5. The van der Waals surface area contributed by atoms with Crippen molar-refractivity contribution in [1.29, 1.82) is 0 Å². The number of hydrogen-bond donors (Lipinski definition) is 4. The molecule has 0 unspecified atom stereocenters. The Morgan fingerprint density at radius 2 is 0.674 bits per heavy atom. The van der Waals surface area contributed by atoms with E-state index in [4.69, 9.17) is 0 Å². The average molecular weight is 577 g/mol. The number of phenolic OH excluding ortho intramolecular Hbond substituents is 4. The fourth-order valence-corrected chi connectivity index (χ4v) is 8.92. The van der Waals surface area contributed by atoms with Crippen LogP contribution in [0.1, 0.15) is 87.5 Å². The minimum Gasteiger partial charge on any atom is -0.508 e. The molecule has 4 N–H and O–H groups in total. The lowest BCUT2D eigenvalue weighted by atomic mass is 9.53. The summed E-state index contributed by atoms with van der Waals surface area (Å²) in [6.07, 6.45) is 7.50. The van der Waals surface area contributed by atoms with Crippen LogP contribution in [0.4, 0.5) is 0 Å². The standard InChI is InChI=1S/C39H44O4/c1-37(2,27-19-23-38(24-20-27,29-11-3-7-15-33(29)40)30-12-4-8-16-34(30)41)28-21-25-39(26-22-28,31-13-5-9-17-35(31)42)32-14-6-10-18-36(32)43/h3-18,27-28,40-43H,19-26H2,1-2H3. The van der Waals surface area contributed by atoms with E-state index in [-0.39, 0.29) is 5.41 Å². The van der Waals surface area contributed by atoms with E-state index in [0.717, 1.165) is 73.6 Å². The summed E-state index contributed by atoms with van der Waals surface area (Å²) in [6, 6.07) is 30.5. The molecule has 2 aliphatic carbocycles. The fourth-order valence-electron chi connectivity index (χ4n) is 8.92. The van der Waals surface area contributed by atoms with Gasteiger partial charge >= 0.3 is 0 Å². The van der Waals surface area contributed by atoms with Crippen LogP contribution in [0.15, 0.2) is 97.1 Å². The Bertz CT molecular complexity index is 1360. The summed E-state index contributed by atoms with van der Waals surface area (Å²) in [6.45, 7) is 4.87. The molecule has 0 amide bonds. The number of benzene rings is 4. The van der Waals surface area contributed by atoms with Crippen LogP contribution in [0.25, 0.3) is 0 Å². The van der Waals surface area contributed by atoms with Gasteiger partial charge in [-0.05, 0) is 92.9 Å². The highest BCUT2D eigenvalue weighted by Gasteiger charge is 2.49.